The Morgan fingerprint density at radius 3 is 2.02 bits per heavy atom. The molecule has 4 aromatic rings. The van der Waals surface area contributed by atoms with E-state index in [4.69, 9.17) is 14.3 Å². The van der Waals surface area contributed by atoms with Gasteiger partial charge in [-0.15, -0.1) is 0 Å². The van der Waals surface area contributed by atoms with E-state index in [-0.39, 0.29) is 0 Å². The number of hydrogen-bond donors (Lipinski definition) is 2. The number of aldehydes is 1. The zero-order valence-corrected chi connectivity index (χ0v) is 31.1. The smallest absolute Gasteiger partial charge is 0.138 e. The number of aryl methyl sites for hydroxylation is 3. The number of allylic oxidation sites excluding steroid dienone is 1. The lowest BCUT2D eigenvalue weighted by Gasteiger charge is -2.15. The van der Waals surface area contributed by atoms with Gasteiger partial charge in [-0.25, -0.2) is 0 Å². The summed E-state index contributed by atoms with van der Waals surface area (Å²) in [7, 11) is 1.65. The molecule has 3 aromatic carbocycles. The Balaban J connectivity index is 0.000000497. The van der Waals surface area contributed by atoms with Gasteiger partial charge in [-0.05, 0) is 102 Å². The van der Waals surface area contributed by atoms with E-state index >= 15 is 0 Å². The molecule has 2 unspecified atom stereocenters. The van der Waals surface area contributed by atoms with Crippen molar-refractivity contribution in [3.05, 3.63) is 108 Å². The van der Waals surface area contributed by atoms with E-state index in [1.54, 1.807) is 19.4 Å². The minimum absolute atomic E-state index is 0.588. The average molecular weight is 654 g/mol. The number of hydrogen-bond acceptors (Lipinski definition) is 6. The summed E-state index contributed by atoms with van der Waals surface area (Å²) in [5, 5.41) is 7.53. The molecule has 2 atom stereocenters. The zero-order valence-electron chi connectivity index (χ0n) is 31.1. The first kappa shape index (κ1) is 41.6. The summed E-state index contributed by atoms with van der Waals surface area (Å²) in [5.41, 5.74) is 7.58. The zero-order chi connectivity index (χ0) is 36.1. The number of nitrogens with zero attached hydrogens (tertiary/aromatic N) is 1. The Morgan fingerprint density at radius 1 is 0.958 bits per heavy atom. The van der Waals surface area contributed by atoms with E-state index in [0.717, 1.165) is 76.0 Å². The van der Waals surface area contributed by atoms with Crippen LogP contribution >= 0.6 is 0 Å². The van der Waals surface area contributed by atoms with Gasteiger partial charge in [0.05, 0.1) is 12.6 Å². The summed E-state index contributed by atoms with van der Waals surface area (Å²) in [6.45, 7) is 28.5. The molecule has 0 amide bonds. The molecule has 2 N–H and O–H groups in total. The van der Waals surface area contributed by atoms with Crippen LogP contribution in [0.25, 0.3) is 17.0 Å². The summed E-state index contributed by atoms with van der Waals surface area (Å²) in [6.07, 6.45) is 6.73. The van der Waals surface area contributed by atoms with Crippen LogP contribution in [0.2, 0.25) is 0 Å². The number of ether oxygens (including phenoxy) is 2. The molecule has 0 spiro atoms. The standard InChI is InChI=1S/C25H26N2O2.C8H10.C5H13N.C2H4O.C2H6/c1-6-18-13-22-21(14-25(18)28-5)24(9-10-26-22)29-23-8-7-19(11-16(23)3)27-17(4)20-12-15(20)2;1-7-3-5-8(2)6-4-7;1-3-5-6-4-2;1-2-3;1-2/h6-11,13-15,20,27H,1,4,12H2,2-3,5H3;3-6H,1-2H3;6H,3-5H2,1-2H3;2H,1H3;1-2H3. The third kappa shape index (κ3) is 14.1. The van der Waals surface area contributed by atoms with E-state index in [1.165, 1.54) is 30.9 Å². The van der Waals surface area contributed by atoms with Crippen molar-refractivity contribution in [1.82, 2.24) is 10.3 Å². The fraction of sp³-hybridized carbons (Fsp3) is 0.381. The third-order valence-corrected chi connectivity index (χ3v) is 7.42. The quantitative estimate of drug-likeness (QED) is 0.131. The number of nitrogens with one attached hydrogen (secondary N) is 2. The van der Waals surface area contributed by atoms with Crippen molar-refractivity contribution in [3.8, 4) is 17.2 Å². The number of benzene rings is 3. The third-order valence-electron chi connectivity index (χ3n) is 7.42. The predicted molar refractivity (Wildman–Crippen MR) is 208 cm³/mol. The van der Waals surface area contributed by atoms with Crippen molar-refractivity contribution < 1.29 is 14.3 Å². The molecule has 5 rings (SSSR count). The lowest BCUT2D eigenvalue weighted by molar-refractivity contribution is -0.106. The van der Waals surface area contributed by atoms with E-state index in [0.29, 0.717) is 5.92 Å². The highest BCUT2D eigenvalue weighted by molar-refractivity contribution is 5.89. The molecule has 0 bridgehead atoms. The van der Waals surface area contributed by atoms with Gasteiger partial charge in [0.1, 0.15) is 23.5 Å². The van der Waals surface area contributed by atoms with Gasteiger partial charge in [0.25, 0.3) is 0 Å². The minimum Gasteiger partial charge on any atom is -0.496 e. The molecular formula is C42H59N3O3. The molecule has 0 saturated heterocycles. The second-order valence-electron chi connectivity index (χ2n) is 11.4. The van der Waals surface area contributed by atoms with Crippen molar-refractivity contribution in [3.63, 3.8) is 0 Å². The summed E-state index contributed by atoms with van der Waals surface area (Å²) in [6, 6.07) is 20.4. The number of anilines is 1. The van der Waals surface area contributed by atoms with Gasteiger partial charge >= 0.3 is 0 Å². The molecular weight excluding hydrogens is 594 g/mol. The molecule has 1 heterocycles. The van der Waals surface area contributed by atoms with Crippen LogP contribution in [0, 0.1) is 32.6 Å². The largest absolute Gasteiger partial charge is 0.496 e. The summed E-state index contributed by atoms with van der Waals surface area (Å²) < 4.78 is 11.7. The Morgan fingerprint density at radius 2 is 1.56 bits per heavy atom. The fourth-order valence-electron chi connectivity index (χ4n) is 4.63. The van der Waals surface area contributed by atoms with E-state index < -0.39 is 0 Å². The topological polar surface area (TPSA) is 72.5 Å². The normalized spacial score (nSPS) is 13.7. The lowest BCUT2D eigenvalue weighted by Crippen LogP contribution is -2.12. The molecule has 1 saturated carbocycles. The number of aromatic nitrogens is 1. The van der Waals surface area contributed by atoms with Gasteiger partial charge in [0.2, 0.25) is 0 Å². The predicted octanol–water partition coefficient (Wildman–Crippen LogP) is 11.1. The highest BCUT2D eigenvalue weighted by Gasteiger charge is 2.34. The second kappa shape index (κ2) is 23.0. The lowest BCUT2D eigenvalue weighted by atomic mass is 10.1. The first-order valence-corrected chi connectivity index (χ1v) is 17.1. The van der Waals surface area contributed by atoms with E-state index in [9.17, 15) is 0 Å². The molecule has 1 aliphatic carbocycles. The van der Waals surface area contributed by atoms with Crippen molar-refractivity contribution in [2.24, 2.45) is 11.8 Å². The molecule has 0 radical (unpaired) electrons. The fourth-order valence-corrected chi connectivity index (χ4v) is 4.63. The van der Waals surface area contributed by atoms with Crippen molar-refractivity contribution in [1.29, 1.82) is 0 Å². The number of carbonyl (C=O) groups is 1. The van der Waals surface area contributed by atoms with Crippen LogP contribution in [-0.2, 0) is 4.79 Å². The monoisotopic (exact) mass is 653 g/mol. The summed E-state index contributed by atoms with van der Waals surface area (Å²) >= 11 is 0. The number of methoxy groups -OCH3 is 1. The Hall–Kier alpha value is -4.42. The van der Waals surface area contributed by atoms with Crippen LogP contribution < -0.4 is 20.1 Å². The van der Waals surface area contributed by atoms with Gasteiger partial charge in [0, 0.05) is 34.4 Å². The molecule has 6 heteroatoms. The average Bonchev–Trinajstić information content (AvgIpc) is 3.84. The molecule has 48 heavy (non-hydrogen) atoms. The number of fused-ring (bicyclic) bond motifs is 1. The SMILES string of the molecule is C=Cc1cc2nccc(Oc3ccc(NC(=C)C4CC4C)cc3C)c2cc1OC.CC.CC=O.CCCNCC.Cc1ccc(C)cc1. The van der Waals surface area contributed by atoms with Gasteiger partial charge in [0.15, 0.2) is 0 Å². The first-order valence-electron chi connectivity index (χ1n) is 17.1. The number of pyridine rings is 1. The van der Waals surface area contributed by atoms with Crippen LogP contribution in [0.15, 0.2) is 85.7 Å². The molecule has 6 nitrogen and oxygen atoms in total. The number of carbonyl (C=O) groups excluding carboxylic acids is 1. The Labute approximate surface area is 290 Å². The maximum atomic E-state index is 8.81. The first-order chi connectivity index (χ1) is 23.1. The summed E-state index contributed by atoms with van der Waals surface area (Å²) in [4.78, 5) is 13.3. The van der Waals surface area contributed by atoms with Gasteiger partial charge in [-0.1, -0.05) is 89.2 Å². The highest BCUT2D eigenvalue weighted by Crippen LogP contribution is 2.43. The maximum Gasteiger partial charge on any atom is 0.138 e. The van der Waals surface area contributed by atoms with Crippen LogP contribution in [-0.4, -0.2) is 31.5 Å². The second-order valence-corrected chi connectivity index (χ2v) is 11.4. The van der Waals surface area contributed by atoms with Crippen molar-refractivity contribution in [2.45, 2.75) is 75.2 Å². The molecule has 0 aliphatic heterocycles. The molecule has 1 aromatic heterocycles. The van der Waals surface area contributed by atoms with Crippen LogP contribution in [0.4, 0.5) is 5.69 Å². The molecule has 1 aliphatic rings. The summed E-state index contributed by atoms with van der Waals surface area (Å²) in [5.74, 6) is 3.61. The van der Waals surface area contributed by atoms with Crippen molar-refractivity contribution >= 4 is 29.0 Å². The van der Waals surface area contributed by atoms with E-state index in [2.05, 4.69) is 93.7 Å². The highest BCUT2D eigenvalue weighted by atomic mass is 16.5. The van der Waals surface area contributed by atoms with Gasteiger partial charge in [-0.2, -0.15) is 0 Å². The number of rotatable bonds is 10. The Kier molecular flexibility index (Phi) is 19.9. The maximum absolute atomic E-state index is 8.81. The Bertz CT molecular complexity index is 1520. The molecule has 1 fully saturated rings. The van der Waals surface area contributed by atoms with Crippen LogP contribution in [0.1, 0.15) is 76.6 Å². The van der Waals surface area contributed by atoms with Crippen LogP contribution in [0.5, 0.6) is 17.2 Å². The molecule has 260 valence electrons. The van der Waals surface area contributed by atoms with Crippen LogP contribution in [0.3, 0.4) is 0 Å². The van der Waals surface area contributed by atoms with Gasteiger partial charge < -0.3 is 24.9 Å². The van der Waals surface area contributed by atoms with E-state index in [1.807, 2.05) is 51.1 Å². The van der Waals surface area contributed by atoms with Crippen molar-refractivity contribution in [2.75, 3.05) is 25.5 Å². The van der Waals surface area contributed by atoms with Gasteiger partial charge in [-0.3, -0.25) is 4.98 Å². The minimum atomic E-state index is 0.588.